The number of rotatable bonds is 16. The largest absolute Gasteiger partial charge is 0.198 e. The Kier molecular flexibility index (Phi) is 26.1. The Bertz CT molecular complexity index is 617. The smallest absolute Gasteiger partial charge is 0.0625 e. The molecular weight excluding hydrogens is 368 g/mol. The Hall–Kier alpha value is -2.56. The average molecular weight is 409 g/mol. The summed E-state index contributed by atoms with van der Waals surface area (Å²) in [6, 6.07) is 8.62. The molecule has 0 aliphatic rings. The van der Waals surface area contributed by atoms with Crippen LogP contribution in [0.15, 0.2) is 23.3 Å². The standard InChI is InChI=1S/C14H22N2.C12H18N2/c1-14(10-6-2-4-8-12-15)11-7-3-5-9-13-16;1-2-12(9-5-7-11-14)8-4-3-6-10-13/h10H,2-9,11H2,1H3;9H,2-8H2,1H3. The summed E-state index contributed by atoms with van der Waals surface area (Å²) >= 11 is 0. The quantitative estimate of drug-likeness (QED) is 0.190. The highest BCUT2D eigenvalue weighted by molar-refractivity contribution is 5.02. The van der Waals surface area contributed by atoms with Gasteiger partial charge in [-0.1, -0.05) is 36.6 Å². The maximum atomic E-state index is 8.38. The Morgan fingerprint density at radius 2 is 1.13 bits per heavy atom. The first-order valence-corrected chi connectivity index (χ1v) is 11.5. The lowest BCUT2D eigenvalue weighted by atomic mass is 10.0. The number of allylic oxidation sites excluding steroid dienone is 4. The van der Waals surface area contributed by atoms with Crippen LogP contribution in [0.5, 0.6) is 0 Å². The average Bonchev–Trinajstić information content (AvgIpc) is 2.75. The van der Waals surface area contributed by atoms with Gasteiger partial charge in [0.15, 0.2) is 0 Å². The van der Waals surface area contributed by atoms with Gasteiger partial charge in [0.05, 0.1) is 24.3 Å². The Balaban J connectivity index is 0. The van der Waals surface area contributed by atoms with Gasteiger partial charge in [0.25, 0.3) is 0 Å². The van der Waals surface area contributed by atoms with Crippen molar-refractivity contribution in [1.29, 1.82) is 21.0 Å². The van der Waals surface area contributed by atoms with Crippen LogP contribution in [0.3, 0.4) is 0 Å². The molecule has 0 amide bonds. The molecule has 0 radical (unpaired) electrons. The van der Waals surface area contributed by atoms with E-state index in [-0.39, 0.29) is 0 Å². The molecule has 0 unspecified atom stereocenters. The van der Waals surface area contributed by atoms with Gasteiger partial charge in [-0.05, 0) is 77.6 Å². The number of hydrogen-bond acceptors (Lipinski definition) is 4. The van der Waals surface area contributed by atoms with E-state index in [0.717, 1.165) is 70.6 Å². The van der Waals surface area contributed by atoms with Gasteiger partial charge in [-0.25, -0.2) is 0 Å². The molecule has 0 fully saturated rings. The summed E-state index contributed by atoms with van der Waals surface area (Å²) in [7, 11) is 0. The lowest BCUT2D eigenvalue weighted by Gasteiger charge is -2.02. The van der Waals surface area contributed by atoms with Crippen LogP contribution in [-0.4, -0.2) is 0 Å². The first-order valence-electron chi connectivity index (χ1n) is 11.5. The lowest BCUT2D eigenvalue weighted by molar-refractivity contribution is 0.683. The van der Waals surface area contributed by atoms with Crippen LogP contribution < -0.4 is 0 Å². The Morgan fingerprint density at radius 3 is 1.70 bits per heavy atom. The van der Waals surface area contributed by atoms with Gasteiger partial charge in [0, 0.05) is 25.7 Å². The van der Waals surface area contributed by atoms with Crippen molar-refractivity contribution in [2.24, 2.45) is 0 Å². The Morgan fingerprint density at radius 1 is 0.600 bits per heavy atom. The maximum Gasteiger partial charge on any atom is 0.0625 e. The van der Waals surface area contributed by atoms with E-state index in [1.54, 1.807) is 0 Å². The number of hydrogen-bond donors (Lipinski definition) is 0. The third kappa shape index (κ3) is 25.4. The molecule has 0 spiro atoms. The number of nitrogens with zero attached hydrogens (tertiary/aromatic N) is 4. The highest BCUT2D eigenvalue weighted by atomic mass is 14.2. The van der Waals surface area contributed by atoms with Gasteiger partial charge in [-0.3, -0.25) is 0 Å². The van der Waals surface area contributed by atoms with Gasteiger partial charge >= 0.3 is 0 Å². The van der Waals surface area contributed by atoms with Crippen LogP contribution in [-0.2, 0) is 0 Å². The topological polar surface area (TPSA) is 95.2 Å². The van der Waals surface area contributed by atoms with E-state index in [1.165, 1.54) is 17.6 Å². The summed E-state index contributed by atoms with van der Waals surface area (Å²) < 4.78 is 0. The van der Waals surface area contributed by atoms with Crippen molar-refractivity contribution in [1.82, 2.24) is 0 Å². The van der Waals surface area contributed by atoms with Gasteiger partial charge in [-0.15, -0.1) is 0 Å². The highest BCUT2D eigenvalue weighted by Gasteiger charge is 1.95. The van der Waals surface area contributed by atoms with E-state index in [4.69, 9.17) is 21.0 Å². The van der Waals surface area contributed by atoms with Gasteiger partial charge in [0.1, 0.15) is 0 Å². The van der Waals surface area contributed by atoms with Crippen molar-refractivity contribution < 1.29 is 0 Å². The molecule has 0 aliphatic heterocycles. The predicted octanol–water partition coefficient (Wildman–Crippen LogP) is 8.20. The minimum atomic E-state index is 0.613. The molecule has 30 heavy (non-hydrogen) atoms. The molecule has 0 saturated carbocycles. The fraction of sp³-hybridized carbons (Fsp3) is 0.692. The summed E-state index contributed by atoms with van der Waals surface area (Å²) in [5, 5.41) is 33.5. The van der Waals surface area contributed by atoms with Crippen LogP contribution in [0.1, 0.15) is 117 Å². The van der Waals surface area contributed by atoms with E-state index in [1.807, 2.05) is 0 Å². The van der Waals surface area contributed by atoms with Crippen molar-refractivity contribution in [3.8, 4) is 24.3 Å². The van der Waals surface area contributed by atoms with Gasteiger partial charge in [0.2, 0.25) is 0 Å². The SMILES string of the molecule is CC(=CCCCCC#N)CCCCCC#N.CCC(=CCCC#N)CCCCC#N. The maximum absolute atomic E-state index is 8.38. The van der Waals surface area contributed by atoms with E-state index >= 15 is 0 Å². The molecule has 0 aromatic carbocycles. The minimum absolute atomic E-state index is 0.613. The number of unbranched alkanes of at least 4 members (excludes halogenated alkanes) is 9. The molecule has 0 saturated heterocycles. The van der Waals surface area contributed by atoms with E-state index in [9.17, 15) is 0 Å². The molecule has 164 valence electrons. The first-order chi connectivity index (χ1) is 14.7. The van der Waals surface area contributed by atoms with Crippen molar-refractivity contribution in [3.63, 3.8) is 0 Å². The fourth-order valence-corrected chi connectivity index (χ4v) is 2.90. The van der Waals surface area contributed by atoms with E-state index < -0.39 is 0 Å². The molecule has 0 heterocycles. The van der Waals surface area contributed by atoms with Crippen molar-refractivity contribution in [2.75, 3.05) is 0 Å². The van der Waals surface area contributed by atoms with Crippen molar-refractivity contribution in [2.45, 2.75) is 117 Å². The first kappa shape index (κ1) is 29.6. The third-order valence-corrected chi connectivity index (χ3v) is 4.77. The monoisotopic (exact) mass is 408 g/mol. The van der Waals surface area contributed by atoms with Crippen LogP contribution in [0.25, 0.3) is 0 Å². The summed E-state index contributed by atoms with van der Waals surface area (Å²) in [6.07, 6.45) is 20.0. The Labute approximate surface area is 185 Å². The lowest BCUT2D eigenvalue weighted by Crippen LogP contribution is -1.83. The van der Waals surface area contributed by atoms with Crippen LogP contribution in [0.4, 0.5) is 0 Å². The summed E-state index contributed by atoms with van der Waals surface area (Å²) in [6.45, 7) is 4.32. The molecule has 0 N–H and O–H groups in total. The molecule has 0 aromatic heterocycles. The predicted molar refractivity (Wildman–Crippen MR) is 124 cm³/mol. The molecule has 4 nitrogen and oxygen atoms in total. The summed E-state index contributed by atoms with van der Waals surface area (Å²) in [5.74, 6) is 0. The zero-order valence-electron chi connectivity index (χ0n) is 19.3. The second kappa shape index (κ2) is 26.4. The normalized spacial score (nSPS) is 10.7. The van der Waals surface area contributed by atoms with Crippen LogP contribution in [0, 0.1) is 45.3 Å². The van der Waals surface area contributed by atoms with E-state index in [0.29, 0.717) is 25.7 Å². The number of nitriles is 4. The highest BCUT2D eigenvalue weighted by Crippen LogP contribution is 2.13. The molecule has 0 bridgehead atoms. The van der Waals surface area contributed by atoms with Gasteiger partial charge in [-0.2, -0.15) is 21.0 Å². The van der Waals surface area contributed by atoms with Crippen LogP contribution in [0.2, 0.25) is 0 Å². The molecule has 4 heteroatoms. The van der Waals surface area contributed by atoms with Crippen molar-refractivity contribution in [3.05, 3.63) is 23.3 Å². The zero-order chi connectivity index (χ0) is 22.7. The van der Waals surface area contributed by atoms with Crippen molar-refractivity contribution >= 4 is 0 Å². The summed E-state index contributed by atoms with van der Waals surface area (Å²) in [5.41, 5.74) is 2.88. The van der Waals surface area contributed by atoms with Crippen LogP contribution >= 0.6 is 0 Å². The summed E-state index contributed by atoms with van der Waals surface area (Å²) in [4.78, 5) is 0. The molecule has 0 rings (SSSR count). The molecule has 0 aromatic rings. The second-order valence-electron chi connectivity index (χ2n) is 7.45. The molecular formula is C26H40N4. The third-order valence-electron chi connectivity index (χ3n) is 4.77. The second-order valence-corrected chi connectivity index (χ2v) is 7.45. The minimum Gasteiger partial charge on any atom is -0.198 e. The fourth-order valence-electron chi connectivity index (χ4n) is 2.90. The molecule has 0 aliphatic carbocycles. The van der Waals surface area contributed by atoms with Gasteiger partial charge < -0.3 is 0 Å². The zero-order valence-corrected chi connectivity index (χ0v) is 19.3. The van der Waals surface area contributed by atoms with E-state index in [2.05, 4.69) is 50.3 Å². The molecule has 0 atom stereocenters.